The number of likely N-dealkylation sites (tertiary alicyclic amines) is 1. The fourth-order valence-electron chi connectivity index (χ4n) is 3.08. The van der Waals surface area contributed by atoms with Crippen molar-refractivity contribution < 1.29 is 19.4 Å². The second kappa shape index (κ2) is 9.78. The van der Waals surface area contributed by atoms with Gasteiger partial charge >= 0.3 is 0 Å². The number of methoxy groups -OCH3 is 1. The largest absolute Gasteiger partial charge is 0.497 e. The minimum absolute atomic E-state index is 0.0549. The van der Waals surface area contributed by atoms with Crippen molar-refractivity contribution in [3.63, 3.8) is 0 Å². The molecule has 1 saturated heterocycles. The van der Waals surface area contributed by atoms with E-state index in [1.807, 2.05) is 13.8 Å². The van der Waals surface area contributed by atoms with Crippen LogP contribution in [0.2, 0.25) is 0 Å². The van der Waals surface area contributed by atoms with Gasteiger partial charge in [0, 0.05) is 19.2 Å². The Labute approximate surface area is 156 Å². The van der Waals surface area contributed by atoms with Crippen LogP contribution in [0.5, 0.6) is 11.5 Å². The number of carbonyl (C=O) groups excluding carboxylic acids is 1. The molecule has 2 rings (SSSR count). The van der Waals surface area contributed by atoms with Crippen molar-refractivity contribution in [1.29, 1.82) is 0 Å². The molecule has 1 heterocycles. The van der Waals surface area contributed by atoms with Crippen LogP contribution in [0.1, 0.15) is 44.0 Å². The Bertz CT molecular complexity index is 583. The molecule has 0 aliphatic carbocycles. The van der Waals surface area contributed by atoms with Gasteiger partial charge in [-0.05, 0) is 57.8 Å². The maximum absolute atomic E-state index is 12.5. The van der Waals surface area contributed by atoms with Gasteiger partial charge in [0.1, 0.15) is 11.5 Å². The topological polar surface area (TPSA) is 71.0 Å². The van der Waals surface area contributed by atoms with Gasteiger partial charge in [0.15, 0.2) is 0 Å². The Morgan fingerprint density at radius 3 is 2.65 bits per heavy atom. The monoisotopic (exact) mass is 364 g/mol. The van der Waals surface area contributed by atoms with Gasteiger partial charge < -0.3 is 24.8 Å². The zero-order valence-corrected chi connectivity index (χ0v) is 16.3. The first kappa shape index (κ1) is 20.5. The summed E-state index contributed by atoms with van der Waals surface area (Å²) >= 11 is 0. The second-order valence-corrected chi connectivity index (χ2v) is 7.38. The van der Waals surface area contributed by atoms with Gasteiger partial charge in [-0.1, -0.05) is 6.92 Å². The van der Waals surface area contributed by atoms with E-state index in [0.29, 0.717) is 23.6 Å². The number of aliphatic hydroxyl groups is 1. The van der Waals surface area contributed by atoms with Crippen molar-refractivity contribution >= 4 is 5.91 Å². The zero-order chi connectivity index (χ0) is 19.1. The first-order valence-corrected chi connectivity index (χ1v) is 9.42. The van der Waals surface area contributed by atoms with Gasteiger partial charge in [0.25, 0.3) is 5.91 Å². The molecule has 6 heteroatoms. The Kier molecular flexibility index (Phi) is 7.72. The number of aliphatic hydroxyl groups excluding tert-OH is 1. The molecule has 0 saturated carbocycles. The lowest BCUT2D eigenvalue weighted by Gasteiger charge is -2.31. The number of hydrogen-bond acceptors (Lipinski definition) is 5. The molecule has 1 atom stereocenters. The van der Waals surface area contributed by atoms with Crippen LogP contribution in [0.25, 0.3) is 0 Å². The molecule has 2 N–H and O–H groups in total. The van der Waals surface area contributed by atoms with Gasteiger partial charge in [0.05, 0.1) is 24.9 Å². The molecule has 0 bridgehead atoms. The normalized spacial score (nSPS) is 17.2. The van der Waals surface area contributed by atoms with E-state index in [0.717, 1.165) is 19.0 Å². The fraction of sp³-hybridized carbons (Fsp3) is 0.650. The van der Waals surface area contributed by atoms with Gasteiger partial charge in [-0.2, -0.15) is 0 Å². The molecule has 1 amide bonds. The third-order valence-electron chi connectivity index (χ3n) is 4.64. The summed E-state index contributed by atoms with van der Waals surface area (Å²) in [5.41, 5.74) is 0.443. The zero-order valence-electron chi connectivity index (χ0n) is 16.3. The number of hydrogen-bond donors (Lipinski definition) is 2. The molecule has 0 spiro atoms. The van der Waals surface area contributed by atoms with Gasteiger partial charge in [0.2, 0.25) is 0 Å². The summed E-state index contributed by atoms with van der Waals surface area (Å²) < 4.78 is 10.9. The molecule has 6 nitrogen and oxygen atoms in total. The molecule has 1 aromatic carbocycles. The molecular formula is C20H32N2O4. The lowest BCUT2D eigenvalue weighted by Crippen LogP contribution is -2.43. The summed E-state index contributed by atoms with van der Waals surface area (Å²) in [6.07, 6.45) is 1.70. The number of ether oxygens (including phenoxy) is 2. The van der Waals surface area contributed by atoms with Crippen molar-refractivity contribution in [3.8, 4) is 11.5 Å². The number of benzene rings is 1. The number of rotatable bonds is 8. The minimum Gasteiger partial charge on any atom is -0.497 e. The van der Waals surface area contributed by atoms with Crippen LogP contribution in [0.3, 0.4) is 0 Å². The third-order valence-corrected chi connectivity index (χ3v) is 4.64. The summed E-state index contributed by atoms with van der Waals surface area (Å²) in [4.78, 5) is 14.8. The van der Waals surface area contributed by atoms with Crippen LogP contribution in [-0.4, -0.2) is 61.4 Å². The van der Waals surface area contributed by atoms with Gasteiger partial charge in [-0.3, -0.25) is 4.79 Å². The first-order valence-electron chi connectivity index (χ1n) is 9.42. The Balaban J connectivity index is 1.90. The summed E-state index contributed by atoms with van der Waals surface area (Å²) in [5.74, 6) is 1.63. The summed E-state index contributed by atoms with van der Waals surface area (Å²) in [6, 6.07) is 5.12. The highest BCUT2D eigenvalue weighted by atomic mass is 16.5. The number of piperidine rings is 1. The average molecular weight is 364 g/mol. The number of amides is 1. The Morgan fingerprint density at radius 1 is 1.35 bits per heavy atom. The standard InChI is InChI=1S/C20H32N2O4/c1-14(2)26-19-11-17(25-4)5-6-18(19)20(24)21-12-16(23)13-22-9-7-15(3)8-10-22/h5-6,11,14-16,23H,7-10,12-13H2,1-4H3,(H,21,24)/t16-/m1/s1. The van der Waals surface area contributed by atoms with E-state index in [1.165, 1.54) is 12.8 Å². The molecule has 1 aliphatic heterocycles. The van der Waals surface area contributed by atoms with Crippen molar-refractivity contribution in [1.82, 2.24) is 10.2 Å². The van der Waals surface area contributed by atoms with Crippen LogP contribution in [0, 0.1) is 5.92 Å². The van der Waals surface area contributed by atoms with Crippen LogP contribution < -0.4 is 14.8 Å². The van der Waals surface area contributed by atoms with Crippen LogP contribution in [0.4, 0.5) is 0 Å². The van der Waals surface area contributed by atoms with Crippen molar-refractivity contribution in [3.05, 3.63) is 23.8 Å². The fourth-order valence-corrected chi connectivity index (χ4v) is 3.08. The van der Waals surface area contributed by atoms with E-state index < -0.39 is 6.10 Å². The highest BCUT2D eigenvalue weighted by Crippen LogP contribution is 2.26. The van der Waals surface area contributed by atoms with E-state index >= 15 is 0 Å². The Morgan fingerprint density at radius 2 is 2.04 bits per heavy atom. The molecule has 0 aromatic heterocycles. The van der Waals surface area contributed by atoms with E-state index in [1.54, 1.807) is 25.3 Å². The quantitative estimate of drug-likeness (QED) is 0.741. The molecule has 1 aliphatic rings. The first-order chi connectivity index (χ1) is 12.4. The second-order valence-electron chi connectivity index (χ2n) is 7.38. The number of carbonyl (C=O) groups is 1. The highest BCUT2D eigenvalue weighted by molar-refractivity contribution is 5.97. The molecule has 26 heavy (non-hydrogen) atoms. The lowest BCUT2D eigenvalue weighted by molar-refractivity contribution is 0.0792. The lowest BCUT2D eigenvalue weighted by atomic mass is 9.99. The molecular weight excluding hydrogens is 332 g/mol. The maximum atomic E-state index is 12.5. The summed E-state index contributed by atoms with van der Waals surface area (Å²) in [5, 5.41) is 13.1. The van der Waals surface area contributed by atoms with Gasteiger partial charge in [-0.25, -0.2) is 0 Å². The Hall–Kier alpha value is -1.79. The van der Waals surface area contributed by atoms with E-state index in [4.69, 9.17) is 9.47 Å². The summed E-state index contributed by atoms with van der Waals surface area (Å²) in [7, 11) is 1.58. The number of nitrogens with zero attached hydrogens (tertiary/aromatic N) is 1. The van der Waals surface area contributed by atoms with E-state index in [2.05, 4.69) is 17.1 Å². The number of β-amino-alcohol motifs (C(OH)–C–C–N with tert-alkyl or cyclic N) is 1. The number of nitrogens with one attached hydrogen (secondary N) is 1. The minimum atomic E-state index is -0.583. The van der Waals surface area contributed by atoms with E-state index in [-0.39, 0.29) is 18.6 Å². The molecule has 0 radical (unpaired) electrons. The smallest absolute Gasteiger partial charge is 0.255 e. The molecule has 146 valence electrons. The predicted octanol–water partition coefficient (Wildman–Crippen LogP) is 2.30. The van der Waals surface area contributed by atoms with Crippen LogP contribution in [-0.2, 0) is 0 Å². The molecule has 1 fully saturated rings. The van der Waals surface area contributed by atoms with Crippen molar-refractivity contribution in [2.75, 3.05) is 33.3 Å². The van der Waals surface area contributed by atoms with Crippen molar-refractivity contribution in [2.24, 2.45) is 5.92 Å². The predicted molar refractivity (Wildman–Crippen MR) is 102 cm³/mol. The highest BCUT2D eigenvalue weighted by Gasteiger charge is 2.20. The van der Waals surface area contributed by atoms with Gasteiger partial charge in [-0.15, -0.1) is 0 Å². The van der Waals surface area contributed by atoms with Crippen LogP contribution in [0.15, 0.2) is 18.2 Å². The molecule has 0 unspecified atom stereocenters. The average Bonchev–Trinajstić information content (AvgIpc) is 2.61. The third kappa shape index (κ3) is 6.18. The maximum Gasteiger partial charge on any atom is 0.255 e. The summed E-state index contributed by atoms with van der Waals surface area (Å²) in [6.45, 7) is 8.91. The molecule has 1 aromatic rings. The van der Waals surface area contributed by atoms with Crippen molar-refractivity contribution in [2.45, 2.75) is 45.8 Å². The van der Waals surface area contributed by atoms with Crippen LogP contribution >= 0.6 is 0 Å². The van der Waals surface area contributed by atoms with E-state index in [9.17, 15) is 9.90 Å². The SMILES string of the molecule is COc1ccc(C(=O)NC[C@@H](O)CN2CCC(C)CC2)c(OC(C)C)c1.